The first-order valence-electron chi connectivity index (χ1n) is 9.11. The normalized spacial score (nSPS) is 11.0. The molecule has 0 radical (unpaired) electrons. The first kappa shape index (κ1) is 17.7. The Morgan fingerprint density at radius 1 is 0.867 bits per heavy atom. The quantitative estimate of drug-likeness (QED) is 0.492. The van der Waals surface area contributed by atoms with Gasteiger partial charge in [0.25, 0.3) is 0 Å². The van der Waals surface area contributed by atoms with E-state index in [0.717, 1.165) is 5.56 Å². The van der Waals surface area contributed by atoms with Gasteiger partial charge in [-0.25, -0.2) is 14.2 Å². The van der Waals surface area contributed by atoms with Crippen molar-refractivity contribution in [3.8, 4) is 39.9 Å². The SMILES string of the molecule is O=c1onc(-c2ccccc2)n1-c1nc(-c2ccc(F)cc2)c(-c2ccncc2)[nH]1. The molecule has 0 aliphatic heterocycles. The average molecular weight is 399 g/mol. The molecule has 5 rings (SSSR count). The van der Waals surface area contributed by atoms with Crippen LogP contribution in [0.25, 0.3) is 39.9 Å². The zero-order chi connectivity index (χ0) is 20.5. The summed E-state index contributed by atoms with van der Waals surface area (Å²) >= 11 is 0. The van der Waals surface area contributed by atoms with E-state index >= 15 is 0 Å². The third-order valence-corrected chi connectivity index (χ3v) is 4.63. The monoisotopic (exact) mass is 399 g/mol. The number of H-pyrrole nitrogens is 1. The molecule has 0 fully saturated rings. The fraction of sp³-hybridized carbons (Fsp3) is 0. The fourth-order valence-corrected chi connectivity index (χ4v) is 3.22. The van der Waals surface area contributed by atoms with Crippen LogP contribution >= 0.6 is 0 Å². The van der Waals surface area contributed by atoms with Crippen LogP contribution in [-0.4, -0.2) is 24.7 Å². The van der Waals surface area contributed by atoms with Gasteiger partial charge in [0.05, 0.1) is 11.4 Å². The zero-order valence-corrected chi connectivity index (χ0v) is 15.5. The summed E-state index contributed by atoms with van der Waals surface area (Å²) in [5.41, 5.74) is 3.42. The molecule has 3 aromatic heterocycles. The number of rotatable bonds is 4. The van der Waals surface area contributed by atoms with Crippen molar-refractivity contribution in [2.75, 3.05) is 0 Å². The Labute approximate surface area is 169 Å². The largest absolute Gasteiger partial charge is 0.449 e. The summed E-state index contributed by atoms with van der Waals surface area (Å²) in [5, 5.41) is 3.91. The van der Waals surface area contributed by atoms with Crippen LogP contribution < -0.4 is 5.76 Å². The van der Waals surface area contributed by atoms with Crippen molar-refractivity contribution < 1.29 is 8.91 Å². The van der Waals surface area contributed by atoms with E-state index in [2.05, 4.69) is 20.1 Å². The fourth-order valence-electron chi connectivity index (χ4n) is 3.22. The third-order valence-electron chi connectivity index (χ3n) is 4.63. The van der Waals surface area contributed by atoms with Gasteiger partial charge in [-0.05, 0) is 36.4 Å². The first-order chi connectivity index (χ1) is 14.7. The number of imidazole rings is 1. The molecule has 3 heterocycles. The lowest BCUT2D eigenvalue weighted by molar-refractivity contribution is 0.383. The van der Waals surface area contributed by atoms with Gasteiger partial charge < -0.3 is 4.98 Å². The lowest BCUT2D eigenvalue weighted by atomic mass is 10.1. The average Bonchev–Trinajstić information content (AvgIpc) is 3.39. The van der Waals surface area contributed by atoms with E-state index in [1.807, 2.05) is 42.5 Å². The maximum absolute atomic E-state index is 13.4. The smallest absolute Gasteiger partial charge is 0.323 e. The second-order valence-corrected chi connectivity index (χ2v) is 6.50. The van der Waals surface area contributed by atoms with Crippen molar-refractivity contribution in [3.63, 3.8) is 0 Å². The number of pyridine rings is 1. The van der Waals surface area contributed by atoms with E-state index < -0.39 is 5.76 Å². The number of hydrogen-bond donors (Lipinski definition) is 1. The lowest BCUT2D eigenvalue weighted by Gasteiger charge is -2.02. The molecular formula is C22H14FN5O2. The maximum Gasteiger partial charge on any atom is 0.449 e. The summed E-state index contributed by atoms with van der Waals surface area (Å²) in [6, 6.07) is 18.8. The van der Waals surface area contributed by atoms with Crippen LogP contribution in [0, 0.1) is 5.82 Å². The third kappa shape index (κ3) is 3.10. The second-order valence-electron chi connectivity index (χ2n) is 6.50. The molecule has 0 aliphatic carbocycles. The van der Waals surface area contributed by atoms with E-state index in [1.165, 1.54) is 16.7 Å². The van der Waals surface area contributed by atoms with Gasteiger partial charge in [0.2, 0.25) is 5.95 Å². The molecule has 7 nitrogen and oxygen atoms in total. The summed E-state index contributed by atoms with van der Waals surface area (Å²) in [5.74, 6) is -0.455. The van der Waals surface area contributed by atoms with Crippen LogP contribution in [0.4, 0.5) is 4.39 Å². The van der Waals surface area contributed by atoms with Gasteiger partial charge in [-0.2, -0.15) is 4.57 Å². The molecule has 2 aromatic carbocycles. The maximum atomic E-state index is 13.4. The number of nitrogens with one attached hydrogen (secondary N) is 1. The van der Waals surface area contributed by atoms with E-state index in [1.54, 1.807) is 24.5 Å². The number of hydrogen-bond acceptors (Lipinski definition) is 5. The Morgan fingerprint density at radius 3 is 2.33 bits per heavy atom. The van der Waals surface area contributed by atoms with Gasteiger partial charge >= 0.3 is 5.76 Å². The Morgan fingerprint density at radius 2 is 1.60 bits per heavy atom. The van der Waals surface area contributed by atoms with Crippen LogP contribution in [0.15, 0.2) is 88.4 Å². The zero-order valence-electron chi connectivity index (χ0n) is 15.5. The van der Waals surface area contributed by atoms with Gasteiger partial charge in [-0.1, -0.05) is 35.5 Å². The summed E-state index contributed by atoms with van der Waals surface area (Å²) in [7, 11) is 0. The molecule has 0 bridgehead atoms. The summed E-state index contributed by atoms with van der Waals surface area (Å²) in [6.45, 7) is 0. The highest BCUT2D eigenvalue weighted by atomic mass is 19.1. The highest BCUT2D eigenvalue weighted by molar-refractivity contribution is 5.79. The predicted molar refractivity (Wildman–Crippen MR) is 108 cm³/mol. The Balaban J connectivity index is 1.73. The van der Waals surface area contributed by atoms with Crippen LogP contribution in [-0.2, 0) is 0 Å². The molecule has 146 valence electrons. The topological polar surface area (TPSA) is 89.6 Å². The minimum absolute atomic E-state index is 0.242. The molecular weight excluding hydrogens is 385 g/mol. The Hall–Kier alpha value is -4.33. The summed E-state index contributed by atoms with van der Waals surface area (Å²) in [6.07, 6.45) is 3.32. The molecule has 5 aromatic rings. The molecule has 0 aliphatic rings. The second kappa shape index (κ2) is 7.25. The van der Waals surface area contributed by atoms with Gasteiger partial charge in [-0.15, -0.1) is 0 Å². The number of aromatic nitrogens is 5. The van der Waals surface area contributed by atoms with Crippen molar-refractivity contribution in [1.82, 2.24) is 24.7 Å². The molecule has 0 unspecified atom stereocenters. The molecule has 0 saturated heterocycles. The highest BCUT2D eigenvalue weighted by Crippen LogP contribution is 2.31. The van der Waals surface area contributed by atoms with E-state index in [9.17, 15) is 9.18 Å². The van der Waals surface area contributed by atoms with Crippen molar-refractivity contribution in [1.29, 1.82) is 0 Å². The van der Waals surface area contributed by atoms with Crippen molar-refractivity contribution in [3.05, 3.63) is 95.5 Å². The number of nitrogens with zero attached hydrogens (tertiary/aromatic N) is 4. The molecule has 0 amide bonds. The van der Waals surface area contributed by atoms with Gasteiger partial charge in [0.15, 0.2) is 5.82 Å². The van der Waals surface area contributed by atoms with E-state index in [0.29, 0.717) is 28.3 Å². The van der Waals surface area contributed by atoms with Gasteiger partial charge in [-0.3, -0.25) is 9.51 Å². The Kier molecular flexibility index (Phi) is 4.29. The minimum atomic E-state index is -0.672. The number of halogens is 1. The van der Waals surface area contributed by atoms with E-state index in [-0.39, 0.29) is 11.8 Å². The molecule has 0 spiro atoms. The molecule has 1 N–H and O–H groups in total. The van der Waals surface area contributed by atoms with Crippen LogP contribution in [0.1, 0.15) is 0 Å². The molecule has 8 heteroatoms. The Bertz CT molecular complexity index is 1360. The summed E-state index contributed by atoms with van der Waals surface area (Å²) in [4.78, 5) is 24.3. The van der Waals surface area contributed by atoms with Crippen molar-refractivity contribution in [2.24, 2.45) is 0 Å². The van der Waals surface area contributed by atoms with Crippen molar-refractivity contribution in [2.45, 2.75) is 0 Å². The first-order valence-corrected chi connectivity index (χ1v) is 9.11. The van der Waals surface area contributed by atoms with Crippen molar-refractivity contribution >= 4 is 0 Å². The number of aromatic amines is 1. The lowest BCUT2D eigenvalue weighted by Crippen LogP contribution is -2.14. The highest BCUT2D eigenvalue weighted by Gasteiger charge is 2.21. The van der Waals surface area contributed by atoms with Crippen LogP contribution in [0.5, 0.6) is 0 Å². The van der Waals surface area contributed by atoms with Gasteiger partial charge in [0.1, 0.15) is 5.82 Å². The summed E-state index contributed by atoms with van der Waals surface area (Å²) < 4.78 is 19.6. The molecule has 0 saturated carbocycles. The molecule has 0 atom stereocenters. The van der Waals surface area contributed by atoms with E-state index in [4.69, 9.17) is 4.52 Å². The van der Waals surface area contributed by atoms with Crippen LogP contribution in [0.2, 0.25) is 0 Å². The van der Waals surface area contributed by atoms with Crippen LogP contribution in [0.3, 0.4) is 0 Å². The van der Waals surface area contributed by atoms with Gasteiger partial charge in [0, 0.05) is 29.1 Å². The number of benzene rings is 2. The predicted octanol–water partition coefficient (Wildman–Crippen LogP) is 4.08. The molecule has 30 heavy (non-hydrogen) atoms. The standard InChI is InChI=1S/C22H14FN5O2/c23-17-8-6-14(7-9-17)18-19(15-10-12-24-13-11-15)26-21(25-18)28-20(27-30-22(28)29)16-4-2-1-3-5-16/h1-13H,(H,25,26). The minimum Gasteiger partial charge on any atom is -0.323 e.